The minimum absolute atomic E-state index is 0.0163. The Bertz CT molecular complexity index is 568. The van der Waals surface area contributed by atoms with Gasteiger partial charge < -0.3 is 5.73 Å². The molecule has 7 heteroatoms. The molecule has 0 bridgehead atoms. The van der Waals surface area contributed by atoms with E-state index in [1.54, 1.807) is 17.7 Å². The van der Waals surface area contributed by atoms with E-state index in [1.807, 2.05) is 12.1 Å². The highest BCUT2D eigenvalue weighted by Gasteiger charge is 2.11. The molecule has 6 nitrogen and oxygen atoms in total. The molecular weight excluding hydrogens is 266 g/mol. The summed E-state index contributed by atoms with van der Waals surface area (Å²) in [6.07, 6.45) is 2.42. The van der Waals surface area contributed by atoms with E-state index in [9.17, 15) is 4.79 Å². The van der Waals surface area contributed by atoms with Crippen molar-refractivity contribution in [1.29, 1.82) is 0 Å². The number of halogens is 1. The number of nitrogens with two attached hydrogens (primary N) is 1. The van der Waals surface area contributed by atoms with Crippen molar-refractivity contribution in [2.45, 2.75) is 25.8 Å². The van der Waals surface area contributed by atoms with Crippen molar-refractivity contribution in [2.24, 2.45) is 5.73 Å². The fraction of sp³-hybridized carbons (Fsp3) is 0.333. The number of benzene rings is 1. The monoisotopic (exact) mass is 279 g/mol. The third-order valence-electron chi connectivity index (χ3n) is 2.79. The fourth-order valence-electron chi connectivity index (χ4n) is 1.74. The van der Waals surface area contributed by atoms with Crippen molar-refractivity contribution in [3.05, 3.63) is 35.1 Å². The number of hydrogen-bond acceptors (Lipinski definition) is 5. The van der Waals surface area contributed by atoms with Gasteiger partial charge in [0.1, 0.15) is 12.1 Å². The molecule has 100 valence electrons. The Morgan fingerprint density at radius 1 is 1.53 bits per heavy atom. The molecule has 0 aliphatic carbocycles. The maximum atomic E-state index is 11.6. The quantitative estimate of drug-likeness (QED) is 0.887. The van der Waals surface area contributed by atoms with Crippen LogP contribution in [0, 0.1) is 0 Å². The topological polar surface area (TPSA) is 86.7 Å². The largest absolute Gasteiger partial charge is 0.322 e. The molecule has 0 amide bonds. The van der Waals surface area contributed by atoms with E-state index in [-0.39, 0.29) is 5.78 Å². The van der Waals surface area contributed by atoms with Crippen LogP contribution >= 0.6 is 11.6 Å². The second-order valence-electron chi connectivity index (χ2n) is 4.28. The summed E-state index contributed by atoms with van der Waals surface area (Å²) in [5.74, 6) is 0.0163. The number of aryl methyl sites for hydroxylation is 1. The number of Topliss-reactive ketones (excluding diaryl/α,β-unsaturated/α-hetero) is 1. The van der Waals surface area contributed by atoms with Gasteiger partial charge in [0, 0.05) is 11.4 Å². The Hall–Kier alpha value is -1.79. The zero-order valence-electron chi connectivity index (χ0n) is 10.5. The Morgan fingerprint density at radius 2 is 2.32 bits per heavy atom. The summed E-state index contributed by atoms with van der Waals surface area (Å²) in [5, 5.41) is 11.6. The average Bonchev–Trinajstić information content (AvgIpc) is 2.89. The molecule has 0 radical (unpaired) electrons. The van der Waals surface area contributed by atoms with Gasteiger partial charge >= 0.3 is 0 Å². The van der Waals surface area contributed by atoms with E-state index in [0.29, 0.717) is 17.9 Å². The molecule has 19 heavy (non-hydrogen) atoms. The van der Waals surface area contributed by atoms with E-state index in [0.717, 1.165) is 11.3 Å². The van der Waals surface area contributed by atoms with Gasteiger partial charge in [-0.25, -0.2) is 4.68 Å². The molecule has 2 rings (SSSR count). The lowest BCUT2D eigenvalue weighted by Gasteiger charge is -2.09. The molecule has 0 aliphatic rings. The Kier molecular flexibility index (Phi) is 4.24. The SMILES string of the molecule is C[C@H](N)C(=O)CCc1cc(Cl)ccc1-n1cnnn1. The molecule has 1 aromatic carbocycles. The Morgan fingerprint density at radius 3 is 2.95 bits per heavy atom. The number of tetrazole rings is 1. The van der Waals surface area contributed by atoms with Crippen molar-refractivity contribution < 1.29 is 4.79 Å². The molecule has 2 aromatic rings. The number of ketones is 1. The Labute approximate surface area is 115 Å². The van der Waals surface area contributed by atoms with Crippen LogP contribution in [-0.2, 0) is 11.2 Å². The molecule has 0 saturated carbocycles. The number of hydrogen-bond donors (Lipinski definition) is 1. The van der Waals surface area contributed by atoms with E-state index >= 15 is 0 Å². The summed E-state index contributed by atoms with van der Waals surface area (Å²) < 4.78 is 1.54. The lowest BCUT2D eigenvalue weighted by molar-refractivity contribution is -0.119. The first kappa shape index (κ1) is 13.6. The summed E-state index contributed by atoms with van der Waals surface area (Å²) >= 11 is 5.99. The molecule has 1 heterocycles. The van der Waals surface area contributed by atoms with Gasteiger partial charge in [0.05, 0.1) is 11.7 Å². The van der Waals surface area contributed by atoms with Crippen LogP contribution in [0.5, 0.6) is 0 Å². The number of carbonyl (C=O) groups is 1. The van der Waals surface area contributed by atoms with Gasteiger partial charge in [-0.15, -0.1) is 5.10 Å². The highest BCUT2D eigenvalue weighted by molar-refractivity contribution is 6.30. The first-order chi connectivity index (χ1) is 9.08. The van der Waals surface area contributed by atoms with E-state index in [1.165, 1.54) is 6.33 Å². The van der Waals surface area contributed by atoms with Crippen LogP contribution < -0.4 is 5.73 Å². The van der Waals surface area contributed by atoms with E-state index in [4.69, 9.17) is 17.3 Å². The standard InChI is InChI=1S/C12H14ClN5O/c1-8(14)12(19)5-2-9-6-10(13)3-4-11(9)18-7-15-16-17-18/h3-4,6-8H,2,5,14H2,1H3/t8-/m0/s1. The van der Waals surface area contributed by atoms with Crippen LogP contribution in [0.4, 0.5) is 0 Å². The van der Waals surface area contributed by atoms with Crippen molar-refractivity contribution >= 4 is 17.4 Å². The van der Waals surface area contributed by atoms with Gasteiger partial charge in [0.15, 0.2) is 0 Å². The Balaban J connectivity index is 2.23. The van der Waals surface area contributed by atoms with Crippen LogP contribution in [0.3, 0.4) is 0 Å². The molecule has 1 atom stereocenters. The normalized spacial score (nSPS) is 12.4. The first-order valence-corrected chi connectivity index (χ1v) is 6.26. The van der Waals surface area contributed by atoms with Crippen molar-refractivity contribution in [3.63, 3.8) is 0 Å². The molecule has 1 aromatic heterocycles. The predicted octanol–water partition coefficient (Wildman–Crippen LogP) is 1.16. The predicted molar refractivity (Wildman–Crippen MR) is 71.1 cm³/mol. The number of rotatable bonds is 5. The number of aromatic nitrogens is 4. The average molecular weight is 280 g/mol. The molecular formula is C12H14ClN5O. The zero-order valence-corrected chi connectivity index (χ0v) is 11.2. The lowest BCUT2D eigenvalue weighted by Crippen LogP contribution is -2.26. The summed E-state index contributed by atoms with van der Waals surface area (Å²) in [4.78, 5) is 11.6. The fourth-order valence-corrected chi connectivity index (χ4v) is 1.93. The maximum absolute atomic E-state index is 11.6. The third-order valence-corrected chi connectivity index (χ3v) is 3.02. The minimum Gasteiger partial charge on any atom is -0.322 e. The number of carbonyl (C=O) groups excluding carboxylic acids is 1. The lowest BCUT2D eigenvalue weighted by atomic mass is 10.0. The van der Waals surface area contributed by atoms with Gasteiger partial charge in [0.25, 0.3) is 0 Å². The van der Waals surface area contributed by atoms with Crippen LogP contribution in [0.15, 0.2) is 24.5 Å². The van der Waals surface area contributed by atoms with Crippen LogP contribution in [0.2, 0.25) is 5.02 Å². The van der Waals surface area contributed by atoms with Gasteiger partial charge in [-0.2, -0.15) is 0 Å². The summed E-state index contributed by atoms with van der Waals surface area (Å²) in [7, 11) is 0. The van der Waals surface area contributed by atoms with Gasteiger partial charge in [-0.1, -0.05) is 11.6 Å². The van der Waals surface area contributed by atoms with Crippen molar-refractivity contribution in [3.8, 4) is 5.69 Å². The van der Waals surface area contributed by atoms with Gasteiger partial charge in [0.2, 0.25) is 0 Å². The number of nitrogens with zero attached hydrogens (tertiary/aromatic N) is 4. The highest BCUT2D eigenvalue weighted by atomic mass is 35.5. The van der Waals surface area contributed by atoms with Gasteiger partial charge in [-0.05, 0) is 47.5 Å². The zero-order chi connectivity index (χ0) is 13.8. The summed E-state index contributed by atoms with van der Waals surface area (Å²) in [6, 6.07) is 4.95. The van der Waals surface area contributed by atoms with Crippen molar-refractivity contribution in [2.75, 3.05) is 0 Å². The van der Waals surface area contributed by atoms with Crippen LogP contribution in [0.25, 0.3) is 5.69 Å². The molecule has 0 spiro atoms. The second kappa shape index (κ2) is 5.90. The van der Waals surface area contributed by atoms with Crippen LogP contribution in [-0.4, -0.2) is 32.0 Å². The molecule has 0 aliphatic heterocycles. The molecule has 0 saturated heterocycles. The highest BCUT2D eigenvalue weighted by Crippen LogP contribution is 2.20. The van der Waals surface area contributed by atoms with E-state index in [2.05, 4.69) is 15.5 Å². The molecule has 0 fully saturated rings. The minimum atomic E-state index is -0.448. The van der Waals surface area contributed by atoms with E-state index < -0.39 is 6.04 Å². The van der Waals surface area contributed by atoms with Crippen LogP contribution in [0.1, 0.15) is 18.9 Å². The molecule has 2 N–H and O–H groups in total. The maximum Gasteiger partial charge on any atom is 0.149 e. The first-order valence-electron chi connectivity index (χ1n) is 5.88. The second-order valence-corrected chi connectivity index (χ2v) is 4.72. The molecule has 0 unspecified atom stereocenters. The third kappa shape index (κ3) is 3.36. The summed E-state index contributed by atoms with van der Waals surface area (Å²) in [5.41, 5.74) is 7.27. The van der Waals surface area contributed by atoms with Gasteiger partial charge in [-0.3, -0.25) is 4.79 Å². The van der Waals surface area contributed by atoms with Crippen molar-refractivity contribution in [1.82, 2.24) is 20.2 Å². The summed E-state index contributed by atoms with van der Waals surface area (Å²) in [6.45, 7) is 1.68. The smallest absolute Gasteiger partial charge is 0.149 e.